The van der Waals surface area contributed by atoms with Crippen LogP contribution in [0.4, 0.5) is 11.5 Å². The first kappa shape index (κ1) is 18.1. The molecule has 0 spiro atoms. The highest BCUT2D eigenvalue weighted by Gasteiger charge is 2.07. The van der Waals surface area contributed by atoms with Gasteiger partial charge in [0.05, 0.1) is 5.52 Å². The molecule has 4 aromatic rings. The van der Waals surface area contributed by atoms with Crippen molar-refractivity contribution < 1.29 is 4.79 Å². The summed E-state index contributed by atoms with van der Waals surface area (Å²) in [5.74, 6) is 0.614. The van der Waals surface area contributed by atoms with E-state index in [0.717, 1.165) is 26.8 Å². The van der Waals surface area contributed by atoms with E-state index in [0.29, 0.717) is 17.8 Å². The number of aromatic nitrogens is 3. The maximum absolute atomic E-state index is 12.3. The number of halogens is 1. The largest absolute Gasteiger partial charge is 0.365 e. The third-order valence-corrected chi connectivity index (χ3v) is 4.70. The second-order valence-corrected chi connectivity index (χ2v) is 7.04. The van der Waals surface area contributed by atoms with Gasteiger partial charge in [0.2, 0.25) is 0 Å². The van der Waals surface area contributed by atoms with E-state index >= 15 is 0 Å². The van der Waals surface area contributed by atoms with Crippen molar-refractivity contribution in [1.29, 1.82) is 0 Å². The van der Waals surface area contributed by atoms with Crippen LogP contribution in [0.2, 0.25) is 0 Å². The summed E-state index contributed by atoms with van der Waals surface area (Å²) >= 11 is 3.48. The maximum atomic E-state index is 12.3. The monoisotopic (exact) mass is 433 g/mol. The number of fused-ring (bicyclic) bond motifs is 1. The van der Waals surface area contributed by atoms with E-state index in [4.69, 9.17) is 0 Å². The van der Waals surface area contributed by atoms with Crippen LogP contribution >= 0.6 is 15.9 Å². The van der Waals surface area contributed by atoms with E-state index in [9.17, 15) is 4.79 Å². The molecule has 2 aromatic heterocycles. The minimum atomic E-state index is -0.155. The molecule has 4 rings (SSSR count). The van der Waals surface area contributed by atoms with Gasteiger partial charge in [-0.1, -0.05) is 28.1 Å². The fourth-order valence-electron chi connectivity index (χ4n) is 2.77. The van der Waals surface area contributed by atoms with Crippen LogP contribution in [-0.4, -0.2) is 20.9 Å². The van der Waals surface area contributed by atoms with Gasteiger partial charge in [-0.05, 0) is 48.0 Å². The number of benzene rings is 2. The molecule has 0 aliphatic rings. The van der Waals surface area contributed by atoms with Gasteiger partial charge in [-0.2, -0.15) is 0 Å². The van der Waals surface area contributed by atoms with Gasteiger partial charge in [-0.15, -0.1) is 0 Å². The van der Waals surface area contributed by atoms with E-state index in [1.807, 2.05) is 42.5 Å². The number of amides is 1. The number of carbonyl (C=O) groups excluding carboxylic acids is 1. The number of carbonyl (C=O) groups is 1. The Morgan fingerprint density at radius 3 is 2.54 bits per heavy atom. The molecule has 0 saturated carbocycles. The van der Waals surface area contributed by atoms with E-state index in [1.54, 1.807) is 30.9 Å². The fraction of sp³-hybridized carbons (Fsp3) is 0.0476. The lowest BCUT2D eigenvalue weighted by Crippen LogP contribution is -2.12. The molecule has 0 aliphatic heterocycles. The van der Waals surface area contributed by atoms with Crippen molar-refractivity contribution in [3.05, 3.63) is 88.9 Å². The normalized spacial score (nSPS) is 10.6. The average Bonchev–Trinajstić information content (AvgIpc) is 2.73. The van der Waals surface area contributed by atoms with Gasteiger partial charge in [0.25, 0.3) is 5.91 Å². The lowest BCUT2D eigenvalue weighted by molar-refractivity contribution is 0.102. The Hall–Kier alpha value is -3.32. The second-order valence-electron chi connectivity index (χ2n) is 6.12. The molecule has 1 amide bonds. The van der Waals surface area contributed by atoms with E-state index < -0.39 is 0 Å². The molecular formula is C21H16BrN5O. The standard InChI is InChI=1S/C21H16BrN5O/c22-16-5-6-19-18(11-16)20(26-13-25-19)24-12-14-1-3-15(4-2-14)21(28)27-17-7-9-23-10-8-17/h1-11,13H,12H2,(H,23,27,28)(H,24,25,26). The Morgan fingerprint density at radius 1 is 0.964 bits per heavy atom. The number of pyridine rings is 1. The van der Waals surface area contributed by atoms with Crippen molar-refractivity contribution in [1.82, 2.24) is 15.0 Å². The molecular weight excluding hydrogens is 418 g/mol. The molecule has 6 nitrogen and oxygen atoms in total. The first-order valence-corrected chi connectivity index (χ1v) is 9.43. The second kappa shape index (κ2) is 8.14. The Balaban J connectivity index is 1.44. The molecule has 2 aromatic carbocycles. The van der Waals surface area contributed by atoms with Crippen molar-refractivity contribution in [2.45, 2.75) is 6.54 Å². The summed E-state index contributed by atoms with van der Waals surface area (Å²) in [4.78, 5) is 24.9. The zero-order valence-electron chi connectivity index (χ0n) is 14.8. The quantitative estimate of drug-likeness (QED) is 0.478. The molecule has 2 N–H and O–H groups in total. The van der Waals surface area contributed by atoms with Crippen LogP contribution in [0, 0.1) is 0 Å². The molecule has 2 heterocycles. The first-order valence-electron chi connectivity index (χ1n) is 8.63. The number of nitrogens with one attached hydrogen (secondary N) is 2. The van der Waals surface area contributed by atoms with Crippen LogP contribution in [0.3, 0.4) is 0 Å². The molecule has 0 atom stereocenters. The van der Waals surface area contributed by atoms with Crippen LogP contribution < -0.4 is 10.6 Å². The predicted molar refractivity (Wildman–Crippen MR) is 113 cm³/mol. The summed E-state index contributed by atoms with van der Waals surface area (Å²) in [5.41, 5.74) is 3.23. The number of hydrogen-bond donors (Lipinski definition) is 2. The van der Waals surface area contributed by atoms with Crippen LogP contribution in [0.5, 0.6) is 0 Å². The maximum Gasteiger partial charge on any atom is 0.255 e. The molecule has 0 aliphatic carbocycles. The van der Waals surface area contributed by atoms with E-state index in [2.05, 4.69) is 41.5 Å². The molecule has 138 valence electrons. The topological polar surface area (TPSA) is 79.8 Å². The first-order chi connectivity index (χ1) is 13.7. The van der Waals surface area contributed by atoms with Gasteiger partial charge in [-0.3, -0.25) is 9.78 Å². The van der Waals surface area contributed by atoms with Crippen molar-refractivity contribution in [3.63, 3.8) is 0 Å². The van der Waals surface area contributed by atoms with Gasteiger partial charge in [0, 0.05) is 40.0 Å². The highest BCUT2D eigenvalue weighted by molar-refractivity contribution is 9.10. The Labute approximate surface area is 170 Å². The number of rotatable bonds is 5. The highest BCUT2D eigenvalue weighted by atomic mass is 79.9. The SMILES string of the molecule is O=C(Nc1ccncc1)c1ccc(CNc2ncnc3ccc(Br)cc23)cc1. The van der Waals surface area contributed by atoms with Crippen LogP contribution in [0.1, 0.15) is 15.9 Å². The predicted octanol–water partition coefficient (Wildman–Crippen LogP) is 4.65. The van der Waals surface area contributed by atoms with Gasteiger partial charge in [0.15, 0.2) is 0 Å². The third-order valence-electron chi connectivity index (χ3n) is 4.21. The van der Waals surface area contributed by atoms with Gasteiger partial charge >= 0.3 is 0 Å². The lowest BCUT2D eigenvalue weighted by Gasteiger charge is -2.09. The molecule has 28 heavy (non-hydrogen) atoms. The molecule has 7 heteroatoms. The fourth-order valence-corrected chi connectivity index (χ4v) is 3.13. The van der Waals surface area contributed by atoms with Gasteiger partial charge in [-0.25, -0.2) is 9.97 Å². The molecule has 0 fully saturated rings. The Kier molecular flexibility index (Phi) is 5.25. The van der Waals surface area contributed by atoms with Crippen molar-refractivity contribution in [2.75, 3.05) is 10.6 Å². The third kappa shape index (κ3) is 4.15. The molecule has 0 bridgehead atoms. The van der Waals surface area contributed by atoms with E-state index in [1.165, 1.54) is 0 Å². The highest BCUT2D eigenvalue weighted by Crippen LogP contribution is 2.23. The Bertz CT molecular complexity index is 1120. The van der Waals surface area contributed by atoms with Crippen LogP contribution in [0.15, 0.2) is 77.8 Å². The minimum absolute atomic E-state index is 0.155. The van der Waals surface area contributed by atoms with Crippen molar-refractivity contribution >= 4 is 44.2 Å². The summed E-state index contributed by atoms with van der Waals surface area (Å²) < 4.78 is 0.974. The molecule has 0 unspecified atom stereocenters. The zero-order valence-corrected chi connectivity index (χ0v) is 16.3. The van der Waals surface area contributed by atoms with Crippen molar-refractivity contribution in [2.24, 2.45) is 0 Å². The number of anilines is 2. The smallest absolute Gasteiger partial charge is 0.255 e. The summed E-state index contributed by atoms with van der Waals surface area (Å²) in [6, 6.07) is 16.9. The lowest BCUT2D eigenvalue weighted by atomic mass is 10.1. The summed E-state index contributed by atoms with van der Waals surface area (Å²) in [5, 5.41) is 7.13. The summed E-state index contributed by atoms with van der Waals surface area (Å²) in [6.07, 6.45) is 4.82. The van der Waals surface area contributed by atoms with Crippen LogP contribution in [-0.2, 0) is 6.54 Å². The summed E-state index contributed by atoms with van der Waals surface area (Å²) in [7, 11) is 0. The number of nitrogens with zero attached hydrogens (tertiary/aromatic N) is 3. The van der Waals surface area contributed by atoms with Crippen molar-refractivity contribution in [3.8, 4) is 0 Å². The van der Waals surface area contributed by atoms with Gasteiger partial charge in [0.1, 0.15) is 12.1 Å². The van der Waals surface area contributed by atoms with E-state index in [-0.39, 0.29) is 5.91 Å². The zero-order chi connectivity index (χ0) is 19.3. The average molecular weight is 434 g/mol. The Morgan fingerprint density at radius 2 is 1.75 bits per heavy atom. The molecule has 0 saturated heterocycles. The summed E-state index contributed by atoms with van der Waals surface area (Å²) in [6.45, 7) is 0.588. The minimum Gasteiger partial charge on any atom is -0.365 e. The number of hydrogen-bond acceptors (Lipinski definition) is 5. The van der Waals surface area contributed by atoms with Gasteiger partial charge < -0.3 is 10.6 Å². The van der Waals surface area contributed by atoms with Crippen LogP contribution in [0.25, 0.3) is 10.9 Å². The molecule has 0 radical (unpaired) electrons.